The molecule has 1 aromatic heterocycles. The summed E-state index contributed by atoms with van der Waals surface area (Å²) < 4.78 is 0. The van der Waals surface area contributed by atoms with Crippen LogP contribution in [0.15, 0.2) is 36.5 Å². The quantitative estimate of drug-likeness (QED) is 0.536. The number of pyridine rings is 1. The Labute approximate surface area is 67.7 Å². The molecule has 0 N–H and O–H groups in total. The SMILES string of the molecule is Pc1ccc2cccnc2c1. The fraction of sp³-hybridized carbons (Fsp3) is 0. The molecule has 0 aliphatic heterocycles. The molecule has 1 nitrogen and oxygen atoms in total. The first-order valence-electron chi connectivity index (χ1n) is 3.46. The molecule has 0 aliphatic rings. The third-order valence-electron chi connectivity index (χ3n) is 1.63. The molecule has 1 unspecified atom stereocenters. The maximum Gasteiger partial charge on any atom is 0.0708 e. The maximum atomic E-state index is 4.23. The van der Waals surface area contributed by atoms with Gasteiger partial charge in [0, 0.05) is 11.6 Å². The van der Waals surface area contributed by atoms with Crippen LogP contribution in [-0.2, 0) is 0 Å². The minimum atomic E-state index is 1.06. The van der Waals surface area contributed by atoms with E-state index in [1.807, 2.05) is 12.3 Å². The van der Waals surface area contributed by atoms with E-state index >= 15 is 0 Å². The summed E-state index contributed by atoms with van der Waals surface area (Å²) in [5, 5.41) is 2.37. The molecule has 0 spiro atoms. The van der Waals surface area contributed by atoms with Gasteiger partial charge >= 0.3 is 0 Å². The van der Waals surface area contributed by atoms with Gasteiger partial charge in [-0.2, -0.15) is 0 Å². The normalized spacial score (nSPS) is 10.3. The van der Waals surface area contributed by atoms with Crippen LogP contribution in [0, 0.1) is 0 Å². The molecule has 2 rings (SSSR count). The first kappa shape index (κ1) is 6.75. The summed E-state index contributed by atoms with van der Waals surface area (Å²) in [4.78, 5) is 4.23. The zero-order valence-electron chi connectivity index (χ0n) is 5.99. The Balaban J connectivity index is 2.83. The van der Waals surface area contributed by atoms with Gasteiger partial charge in [-0.1, -0.05) is 18.2 Å². The van der Waals surface area contributed by atoms with Gasteiger partial charge < -0.3 is 0 Å². The highest BCUT2D eigenvalue weighted by Gasteiger charge is 1.91. The fourth-order valence-corrected chi connectivity index (χ4v) is 1.34. The third-order valence-corrected chi connectivity index (χ3v) is 1.99. The van der Waals surface area contributed by atoms with Crippen LogP contribution in [0.3, 0.4) is 0 Å². The molecule has 11 heavy (non-hydrogen) atoms. The zero-order valence-corrected chi connectivity index (χ0v) is 7.14. The molecular formula is C9H8NP. The second kappa shape index (κ2) is 2.60. The minimum Gasteiger partial charge on any atom is -0.256 e. The Kier molecular flexibility index (Phi) is 1.59. The molecule has 0 aliphatic carbocycles. The molecule has 1 aromatic carbocycles. The van der Waals surface area contributed by atoms with Crippen LogP contribution in [0.4, 0.5) is 0 Å². The van der Waals surface area contributed by atoms with E-state index in [9.17, 15) is 0 Å². The molecule has 0 fully saturated rings. The van der Waals surface area contributed by atoms with Crippen LogP contribution in [0.25, 0.3) is 10.9 Å². The molecule has 0 amide bonds. The van der Waals surface area contributed by atoms with Crippen LogP contribution in [0.5, 0.6) is 0 Å². The van der Waals surface area contributed by atoms with Crippen molar-refractivity contribution in [3.8, 4) is 0 Å². The van der Waals surface area contributed by atoms with Gasteiger partial charge in [-0.25, -0.2) is 0 Å². The second-order valence-corrected chi connectivity index (χ2v) is 3.12. The summed E-state index contributed by atoms with van der Waals surface area (Å²) in [5.41, 5.74) is 1.06. The number of hydrogen-bond acceptors (Lipinski definition) is 1. The third kappa shape index (κ3) is 1.24. The second-order valence-electron chi connectivity index (χ2n) is 2.46. The van der Waals surface area contributed by atoms with Crippen molar-refractivity contribution in [3.05, 3.63) is 36.5 Å². The standard InChI is InChI=1S/C9H8NP/c11-8-4-3-7-2-1-5-10-9(7)6-8/h1-6H,11H2. The van der Waals surface area contributed by atoms with Crippen LogP contribution in [-0.4, -0.2) is 4.98 Å². The van der Waals surface area contributed by atoms with Crippen LogP contribution in [0.1, 0.15) is 0 Å². The van der Waals surface area contributed by atoms with Crippen molar-refractivity contribution < 1.29 is 0 Å². The molecule has 54 valence electrons. The smallest absolute Gasteiger partial charge is 0.0708 e. The van der Waals surface area contributed by atoms with E-state index < -0.39 is 0 Å². The lowest BCUT2D eigenvalue weighted by Gasteiger charge is -1.95. The summed E-state index contributed by atoms with van der Waals surface area (Å²) in [6.45, 7) is 0. The van der Waals surface area contributed by atoms with E-state index in [1.165, 1.54) is 10.7 Å². The van der Waals surface area contributed by atoms with E-state index in [4.69, 9.17) is 0 Å². The van der Waals surface area contributed by atoms with Crippen molar-refractivity contribution in [1.29, 1.82) is 0 Å². The first-order valence-corrected chi connectivity index (χ1v) is 4.04. The highest BCUT2D eigenvalue weighted by molar-refractivity contribution is 7.27. The lowest BCUT2D eigenvalue weighted by molar-refractivity contribution is 1.42. The maximum absolute atomic E-state index is 4.23. The van der Waals surface area contributed by atoms with Crippen molar-refractivity contribution in [2.75, 3.05) is 0 Å². The molecule has 0 bridgehead atoms. The molecule has 0 saturated heterocycles. The van der Waals surface area contributed by atoms with Crippen molar-refractivity contribution in [2.24, 2.45) is 0 Å². The predicted octanol–water partition coefficient (Wildman–Crippen LogP) is 1.74. The Morgan fingerprint density at radius 2 is 2.09 bits per heavy atom. The van der Waals surface area contributed by atoms with E-state index in [1.54, 1.807) is 0 Å². The number of benzene rings is 1. The van der Waals surface area contributed by atoms with Gasteiger partial charge in [0.05, 0.1) is 5.52 Å². The van der Waals surface area contributed by atoms with Gasteiger partial charge in [0.2, 0.25) is 0 Å². The number of nitrogens with zero attached hydrogens (tertiary/aromatic N) is 1. The molecule has 1 atom stereocenters. The monoisotopic (exact) mass is 161 g/mol. The Hall–Kier alpha value is -0.940. The average molecular weight is 161 g/mol. The summed E-state index contributed by atoms with van der Waals surface area (Å²) in [6.07, 6.45) is 1.81. The van der Waals surface area contributed by atoms with Crippen molar-refractivity contribution >= 4 is 25.4 Å². The Morgan fingerprint density at radius 3 is 3.00 bits per heavy atom. The number of rotatable bonds is 0. The summed E-state index contributed by atoms with van der Waals surface area (Å²) >= 11 is 0. The van der Waals surface area contributed by atoms with Crippen molar-refractivity contribution in [1.82, 2.24) is 4.98 Å². The summed E-state index contributed by atoms with van der Waals surface area (Å²) in [6, 6.07) is 10.2. The van der Waals surface area contributed by atoms with Crippen LogP contribution < -0.4 is 5.30 Å². The molecule has 0 saturated carbocycles. The first-order chi connectivity index (χ1) is 5.36. The van der Waals surface area contributed by atoms with E-state index in [-0.39, 0.29) is 0 Å². The Morgan fingerprint density at radius 1 is 1.18 bits per heavy atom. The topological polar surface area (TPSA) is 12.9 Å². The number of hydrogen-bond donors (Lipinski definition) is 0. The van der Waals surface area contributed by atoms with Gasteiger partial charge in [0.25, 0.3) is 0 Å². The summed E-state index contributed by atoms with van der Waals surface area (Å²) in [5.74, 6) is 0. The van der Waals surface area contributed by atoms with Crippen LogP contribution in [0.2, 0.25) is 0 Å². The predicted molar refractivity (Wildman–Crippen MR) is 51.1 cm³/mol. The molecule has 2 aromatic rings. The van der Waals surface area contributed by atoms with Gasteiger partial charge in [0.15, 0.2) is 0 Å². The summed E-state index contributed by atoms with van der Waals surface area (Å²) in [7, 11) is 2.66. The lowest BCUT2D eigenvalue weighted by Crippen LogP contribution is -1.88. The van der Waals surface area contributed by atoms with E-state index in [0.717, 1.165) is 5.52 Å². The zero-order chi connectivity index (χ0) is 7.68. The Bertz CT molecular complexity index is 384. The minimum absolute atomic E-state index is 1.06. The van der Waals surface area contributed by atoms with Crippen LogP contribution >= 0.6 is 9.24 Å². The fourth-order valence-electron chi connectivity index (χ4n) is 1.08. The van der Waals surface area contributed by atoms with E-state index in [2.05, 4.69) is 38.5 Å². The van der Waals surface area contributed by atoms with E-state index in [0.29, 0.717) is 0 Å². The van der Waals surface area contributed by atoms with Gasteiger partial charge in [-0.3, -0.25) is 4.98 Å². The largest absolute Gasteiger partial charge is 0.256 e. The van der Waals surface area contributed by atoms with Gasteiger partial charge in [-0.15, -0.1) is 9.24 Å². The molecule has 2 heteroatoms. The number of aromatic nitrogens is 1. The number of fused-ring (bicyclic) bond motifs is 1. The van der Waals surface area contributed by atoms with Crippen molar-refractivity contribution in [2.45, 2.75) is 0 Å². The highest BCUT2D eigenvalue weighted by atomic mass is 31.0. The van der Waals surface area contributed by atoms with Crippen molar-refractivity contribution in [3.63, 3.8) is 0 Å². The van der Waals surface area contributed by atoms with Gasteiger partial charge in [0.1, 0.15) is 0 Å². The molecule has 0 radical (unpaired) electrons. The highest BCUT2D eigenvalue weighted by Crippen LogP contribution is 2.08. The molecular weight excluding hydrogens is 153 g/mol. The lowest BCUT2D eigenvalue weighted by atomic mass is 10.2. The molecule has 1 heterocycles. The average Bonchev–Trinajstić information content (AvgIpc) is 2.04. The van der Waals surface area contributed by atoms with Gasteiger partial charge in [-0.05, 0) is 17.4 Å².